The predicted octanol–water partition coefficient (Wildman–Crippen LogP) is 3.96. The topological polar surface area (TPSA) is 69.4 Å². The van der Waals surface area contributed by atoms with E-state index in [0.717, 1.165) is 22.3 Å². The Bertz CT molecular complexity index is 1140. The minimum Gasteiger partial charge on any atom is -0.497 e. The number of thioether (sulfide) groups is 1. The lowest BCUT2D eigenvalue weighted by atomic mass is 10.1. The zero-order valence-electron chi connectivity index (χ0n) is 15.2. The van der Waals surface area contributed by atoms with E-state index in [2.05, 4.69) is 10.1 Å². The Morgan fingerprint density at radius 3 is 2.59 bits per heavy atom. The highest BCUT2D eigenvalue weighted by molar-refractivity contribution is 8.00. The van der Waals surface area contributed by atoms with E-state index in [0.29, 0.717) is 16.5 Å². The van der Waals surface area contributed by atoms with E-state index < -0.39 is 0 Å². The van der Waals surface area contributed by atoms with Crippen LogP contribution in [0.4, 0.5) is 0 Å². The van der Waals surface area contributed by atoms with Gasteiger partial charge in [0.25, 0.3) is 0 Å². The van der Waals surface area contributed by atoms with Crippen LogP contribution in [0.25, 0.3) is 16.6 Å². The molecule has 0 fully saturated rings. The molecule has 1 unspecified atom stereocenters. The molecule has 0 aliphatic heterocycles. The van der Waals surface area contributed by atoms with Gasteiger partial charge in [0.05, 0.1) is 17.9 Å². The number of benzene rings is 2. The third kappa shape index (κ3) is 3.26. The van der Waals surface area contributed by atoms with E-state index in [1.54, 1.807) is 35.9 Å². The predicted molar refractivity (Wildman–Crippen MR) is 106 cm³/mol. The Hall–Kier alpha value is -2.93. The second-order valence-corrected chi connectivity index (χ2v) is 7.47. The van der Waals surface area contributed by atoms with Gasteiger partial charge < -0.3 is 4.74 Å². The maximum absolute atomic E-state index is 12.8. The lowest BCUT2D eigenvalue weighted by molar-refractivity contribution is 0.0994. The third-order valence-corrected chi connectivity index (χ3v) is 5.32. The van der Waals surface area contributed by atoms with Gasteiger partial charge in [-0.2, -0.15) is 4.52 Å². The SMILES string of the molecule is COc1ccc(C(=O)C(C)Sc2nc3ccccc3c3nc(C)nn23)cc1. The number of ketones is 1. The van der Waals surface area contributed by atoms with Gasteiger partial charge in [-0.1, -0.05) is 23.9 Å². The number of aryl methyl sites for hydroxylation is 1. The highest BCUT2D eigenvalue weighted by Crippen LogP contribution is 2.28. The molecular weight excluding hydrogens is 360 g/mol. The molecule has 6 nitrogen and oxygen atoms in total. The van der Waals surface area contributed by atoms with Crippen LogP contribution in [0.3, 0.4) is 0 Å². The minimum atomic E-state index is -0.320. The van der Waals surface area contributed by atoms with Gasteiger partial charge in [0, 0.05) is 10.9 Å². The standard InChI is InChI=1S/C20H18N4O2S/c1-12(18(25)14-8-10-15(26-3)11-9-14)27-20-22-17-7-5-4-6-16(17)19-21-13(2)23-24(19)20/h4-12H,1-3H3. The summed E-state index contributed by atoms with van der Waals surface area (Å²) in [7, 11) is 1.60. The van der Waals surface area contributed by atoms with Gasteiger partial charge in [-0.15, -0.1) is 5.10 Å². The summed E-state index contributed by atoms with van der Waals surface area (Å²) in [5, 5.41) is 5.74. The van der Waals surface area contributed by atoms with Crippen molar-refractivity contribution in [2.24, 2.45) is 0 Å². The van der Waals surface area contributed by atoms with Crippen molar-refractivity contribution in [1.82, 2.24) is 19.6 Å². The molecule has 0 saturated carbocycles. The zero-order chi connectivity index (χ0) is 19.0. The number of para-hydroxylation sites is 1. The number of carbonyl (C=O) groups excluding carboxylic acids is 1. The first kappa shape index (κ1) is 17.5. The summed E-state index contributed by atoms with van der Waals surface area (Å²) in [5.74, 6) is 1.43. The number of aromatic nitrogens is 4. The highest BCUT2D eigenvalue weighted by atomic mass is 32.2. The van der Waals surface area contributed by atoms with Crippen molar-refractivity contribution in [3.63, 3.8) is 0 Å². The molecule has 0 bridgehead atoms. The Kier molecular flexibility index (Phi) is 4.53. The molecule has 0 saturated heterocycles. The van der Waals surface area contributed by atoms with Gasteiger partial charge in [0.15, 0.2) is 16.6 Å². The largest absolute Gasteiger partial charge is 0.497 e. The molecule has 0 radical (unpaired) electrons. The van der Waals surface area contributed by atoms with Crippen LogP contribution in [0.5, 0.6) is 5.75 Å². The van der Waals surface area contributed by atoms with E-state index in [9.17, 15) is 4.79 Å². The van der Waals surface area contributed by atoms with Gasteiger partial charge in [-0.05, 0) is 50.2 Å². The fraction of sp³-hybridized carbons (Fsp3) is 0.200. The number of carbonyl (C=O) groups is 1. The first-order valence-electron chi connectivity index (χ1n) is 8.54. The Balaban J connectivity index is 1.70. The van der Waals surface area contributed by atoms with Crippen LogP contribution in [0.2, 0.25) is 0 Å². The fourth-order valence-electron chi connectivity index (χ4n) is 2.91. The average molecular weight is 378 g/mol. The molecule has 27 heavy (non-hydrogen) atoms. The first-order valence-corrected chi connectivity index (χ1v) is 9.42. The van der Waals surface area contributed by atoms with Gasteiger partial charge >= 0.3 is 0 Å². The molecule has 0 N–H and O–H groups in total. The van der Waals surface area contributed by atoms with Crippen LogP contribution in [-0.2, 0) is 0 Å². The van der Waals surface area contributed by atoms with Crippen LogP contribution < -0.4 is 4.74 Å². The lowest BCUT2D eigenvalue weighted by Crippen LogP contribution is -2.15. The van der Waals surface area contributed by atoms with Crippen LogP contribution in [-0.4, -0.2) is 37.7 Å². The molecule has 4 aromatic rings. The maximum Gasteiger partial charge on any atom is 0.192 e. The third-order valence-electron chi connectivity index (χ3n) is 4.28. The summed E-state index contributed by atoms with van der Waals surface area (Å²) in [6.07, 6.45) is 0. The van der Waals surface area contributed by atoms with Gasteiger partial charge in [-0.25, -0.2) is 9.97 Å². The summed E-state index contributed by atoms with van der Waals surface area (Å²) in [4.78, 5) is 22.1. The number of hydrogen-bond donors (Lipinski definition) is 0. The second-order valence-electron chi connectivity index (χ2n) is 6.16. The normalized spacial score (nSPS) is 12.4. The van der Waals surface area contributed by atoms with Crippen molar-refractivity contribution in [1.29, 1.82) is 0 Å². The molecule has 0 amide bonds. The van der Waals surface area contributed by atoms with E-state index in [1.165, 1.54) is 11.8 Å². The van der Waals surface area contributed by atoms with Crippen LogP contribution in [0.15, 0.2) is 53.7 Å². The van der Waals surface area contributed by atoms with Crippen molar-refractivity contribution < 1.29 is 9.53 Å². The second kappa shape index (κ2) is 7.00. The molecule has 0 aliphatic rings. The van der Waals surface area contributed by atoms with Crippen molar-refractivity contribution in [3.05, 3.63) is 59.9 Å². The molecule has 7 heteroatoms. The van der Waals surface area contributed by atoms with Crippen molar-refractivity contribution >= 4 is 34.1 Å². The van der Waals surface area contributed by atoms with E-state index in [4.69, 9.17) is 9.72 Å². The average Bonchev–Trinajstić information content (AvgIpc) is 3.09. The van der Waals surface area contributed by atoms with E-state index in [1.807, 2.05) is 38.1 Å². The quantitative estimate of drug-likeness (QED) is 0.297. The summed E-state index contributed by atoms with van der Waals surface area (Å²) in [6, 6.07) is 15.0. The first-order chi connectivity index (χ1) is 13.1. The number of ether oxygens (including phenoxy) is 1. The van der Waals surface area contributed by atoms with Crippen LogP contribution in [0, 0.1) is 6.92 Å². The molecule has 136 valence electrons. The highest BCUT2D eigenvalue weighted by Gasteiger charge is 2.20. The summed E-state index contributed by atoms with van der Waals surface area (Å²) < 4.78 is 6.87. The molecule has 0 spiro atoms. The van der Waals surface area contributed by atoms with Gasteiger partial charge in [0.2, 0.25) is 0 Å². The van der Waals surface area contributed by atoms with Gasteiger partial charge in [-0.3, -0.25) is 4.79 Å². The monoisotopic (exact) mass is 378 g/mol. The molecule has 4 rings (SSSR count). The Morgan fingerprint density at radius 2 is 1.85 bits per heavy atom. The van der Waals surface area contributed by atoms with Crippen molar-refractivity contribution in [2.75, 3.05) is 7.11 Å². The number of nitrogens with zero attached hydrogens (tertiary/aromatic N) is 4. The molecular formula is C20H18N4O2S. The summed E-state index contributed by atoms with van der Waals surface area (Å²) in [5.41, 5.74) is 2.23. The van der Waals surface area contributed by atoms with Crippen molar-refractivity contribution in [3.8, 4) is 5.75 Å². The van der Waals surface area contributed by atoms with Gasteiger partial charge in [0.1, 0.15) is 11.6 Å². The van der Waals surface area contributed by atoms with E-state index in [-0.39, 0.29) is 11.0 Å². The molecule has 1 atom stereocenters. The lowest BCUT2D eigenvalue weighted by Gasteiger charge is -2.12. The smallest absolute Gasteiger partial charge is 0.192 e. The van der Waals surface area contributed by atoms with Crippen LogP contribution in [0.1, 0.15) is 23.1 Å². The zero-order valence-corrected chi connectivity index (χ0v) is 16.0. The van der Waals surface area contributed by atoms with E-state index >= 15 is 0 Å². The Morgan fingerprint density at radius 1 is 1.11 bits per heavy atom. The molecule has 2 aromatic carbocycles. The van der Waals surface area contributed by atoms with Crippen LogP contribution >= 0.6 is 11.8 Å². The summed E-state index contributed by atoms with van der Waals surface area (Å²) in [6.45, 7) is 3.73. The number of methoxy groups -OCH3 is 1. The molecule has 2 heterocycles. The minimum absolute atomic E-state index is 0.0302. The maximum atomic E-state index is 12.8. The fourth-order valence-corrected chi connectivity index (χ4v) is 3.85. The Labute approximate surface area is 160 Å². The van der Waals surface area contributed by atoms with Crippen molar-refractivity contribution in [2.45, 2.75) is 24.3 Å². The number of fused-ring (bicyclic) bond motifs is 3. The number of rotatable bonds is 5. The molecule has 0 aliphatic carbocycles. The molecule has 2 aromatic heterocycles. The number of Topliss-reactive ketones (excluding diaryl/α,β-unsaturated/α-hetero) is 1. The number of hydrogen-bond acceptors (Lipinski definition) is 6. The summed E-state index contributed by atoms with van der Waals surface area (Å²) >= 11 is 1.38.